The van der Waals surface area contributed by atoms with Gasteiger partial charge in [-0.25, -0.2) is 0 Å². The Morgan fingerprint density at radius 3 is 0.975 bits per heavy atom. The molecule has 0 bridgehead atoms. The van der Waals surface area contributed by atoms with Gasteiger partial charge in [0.05, 0.1) is 40.5 Å². The number of hydrogen-bond acceptors (Lipinski definition) is 9. The Morgan fingerprint density at radius 1 is 0.500 bits per heavy atom. The van der Waals surface area contributed by atoms with E-state index < -0.39 is 14.8 Å². The summed E-state index contributed by atoms with van der Waals surface area (Å²) >= 11 is 0. The fourth-order valence-corrected chi connectivity index (χ4v) is 3.25. The first kappa shape index (κ1) is 29.0. The Kier molecular flexibility index (Phi) is 10.9. The first-order valence-electron chi connectivity index (χ1n) is 11.9. The summed E-state index contributed by atoms with van der Waals surface area (Å²) in [4.78, 5) is 29.9. The highest BCUT2D eigenvalue weighted by atomic mass is 16.6. The predicted octanol–water partition coefficient (Wildman–Crippen LogP) is 5.58. The summed E-state index contributed by atoms with van der Waals surface area (Å²) in [5.41, 5.74) is 1.96. The van der Waals surface area contributed by atoms with Crippen molar-refractivity contribution in [2.24, 2.45) is 5.92 Å². The van der Waals surface area contributed by atoms with E-state index in [-0.39, 0.29) is 25.7 Å². The van der Waals surface area contributed by atoms with Gasteiger partial charge in [0.25, 0.3) is 0 Å². The molecule has 0 amide bonds. The minimum absolute atomic E-state index is 0.225. The second-order valence-corrected chi connectivity index (χ2v) is 8.31. The average Bonchev–Trinajstić information content (AvgIpc) is 2.95. The molecule has 206 valence electrons. The van der Waals surface area contributed by atoms with E-state index in [1.54, 1.807) is 72.8 Å². The molecule has 0 fully saturated rings. The molecule has 3 aromatic rings. The van der Waals surface area contributed by atoms with E-state index in [1.807, 2.05) is 0 Å². The van der Waals surface area contributed by atoms with Crippen LogP contribution in [0.2, 0.25) is 0 Å². The SMILES string of the molecule is O=[N+]([O-])/C=C/c1ccc(OCC(COc2ccc(/C=C/[N+](=O)[O-])cc2)COc2ccc(/C=C/[N+](=O)[O-])cc2)cc1. The fourth-order valence-electron chi connectivity index (χ4n) is 3.25. The molecule has 0 unspecified atom stereocenters. The predicted molar refractivity (Wildman–Crippen MR) is 147 cm³/mol. The third-order valence-electron chi connectivity index (χ3n) is 5.26. The van der Waals surface area contributed by atoms with Crippen molar-refractivity contribution in [1.29, 1.82) is 0 Å². The maximum Gasteiger partial charge on any atom is 0.235 e. The van der Waals surface area contributed by atoms with Gasteiger partial charge < -0.3 is 14.2 Å². The van der Waals surface area contributed by atoms with Crippen LogP contribution in [0.1, 0.15) is 16.7 Å². The van der Waals surface area contributed by atoms with E-state index in [0.29, 0.717) is 33.9 Å². The number of ether oxygens (including phenoxy) is 3. The molecule has 12 nitrogen and oxygen atoms in total. The van der Waals surface area contributed by atoms with Crippen LogP contribution in [0.15, 0.2) is 91.4 Å². The van der Waals surface area contributed by atoms with Crippen LogP contribution >= 0.6 is 0 Å². The van der Waals surface area contributed by atoms with Crippen molar-refractivity contribution < 1.29 is 29.0 Å². The number of nitrogens with zero attached hydrogens (tertiary/aromatic N) is 3. The lowest BCUT2D eigenvalue weighted by Crippen LogP contribution is -2.26. The average molecular weight is 548 g/mol. The van der Waals surface area contributed by atoms with Crippen molar-refractivity contribution in [3.8, 4) is 17.2 Å². The zero-order valence-corrected chi connectivity index (χ0v) is 21.1. The molecule has 0 aromatic heterocycles. The van der Waals surface area contributed by atoms with Crippen LogP contribution in [0, 0.1) is 36.3 Å². The Morgan fingerprint density at radius 2 is 0.750 bits per heavy atom. The van der Waals surface area contributed by atoms with Crippen LogP contribution in [0.5, 0.6) is 17.2 Å². The van der Waals surface area contributed by atoms with Gasteiger partial charge in [-0.2, -0.15) is 0 Å². The van der Waals surface area contributed by atoms with Gasteiger partial charge in [0.15, 0.2) is 0 Å². The Bertz CT molecular complexity index is 1200. The topological polar surface area (TPSA) is 157 Å². The van der Waals surface area contributed by atoms with E-state index in [9.17, 15) is 30.3 Å². The highest BCUT2D eigenvalue weighted by Gasteiger charge is 2.13. The summed E-state index contributed by atoms with van der Waals surface area (Å²) in [7, 11) is 0. The quantitative estimate of drug-likeness (QED) is 0.175. The van der Waals surface area contributed by atoms with Crippen LogP contribution in [-0.2, 0) is 0 Å². The summed E-state index contributed by atoms with van der Waals surface area (Å²) < 4.78 is 17.7. The van der Waals surface area contributed by atoms with Crippen molar-refractivity contribution in [2.75, 3.05) is 19.8 Å². The number of benzene rings is 3. The van der Waals surface area contributed by atoms with Crippen LogP contribution < -0.4 is 14.2 Å². The first-order valence-corrected chi connectivity index (χ1v) is 11.9. The third kappa shape index (κ3) is 10.8. The summed E-state index contributed by atoms with van der Waals surface area (Å²) in [6.07, 6.45) is 6.71. The Hall–Kier alpha value is -5.52. The second kappa shape index (κ2) is 15.0. The Balaban J connectivity index is 1.62. The molecule has 0 atom stereocenters. The summed E-state index contributed by atoms with van der Waals surface area (Å²) in [5.74, 6) is 1.46. The van der Waals surface area contributed by atoms with Gasteiger partial charge in [-0.3, -0.25) is 30.3 Å². The molecule has 0 radical (unpaired) electrons. The van der Waals surface area contributed by atoms with Gasteiger partial charge in [-0.15, -0.1) is 0 Å². The second-order valence-electron chi connectivity index (χ2n) is 8.31. The zero-order valence-electron chi connectivity index (χ0n) is 21.1. The lowest BCUT2D eigenvalue weighted by molar-refractivity contribution is -0.401. The fraction of sp³-hybridized carbons (Fsp3) is 0.143. The molecule has 0 saturated heterocycles. The van der Waals surface area contributed by atoms with Gasteiger partial charge in [-0.05, 0) is 53.1 Å². The van der Waals surface area contributed by atoms with Gasteiger partial charge in [0, 0.05) is 18.2 Å². The largest absolute Gasteiger partial charge is 0.493 e. The molecule has 0 aliphatic heterocycles. The van der Waals surface area contributed by atoms with Crippen LogP contribution in [0.25, 0.3) is 18.2 Å². The van der Waals surface area contributed by atoms with E-state index in [1.165, 1.54) is 18.2 Å². The van der Waals surface area contributed by atoms with Crippen LogP contribution in [-0.4, -0.2) is 34.6 Å². The highest BCUT2D eigenvalue weighted by molar-refractivity contribution is 5.50. The van der Waals surface area contributed by atoms with Crippen molar-refractivity contribution in [2.45, 2.75) is 0 Å². The van der Waals surface area contributed by atoms with E-state index in [4.69, 9.17) is 14.2 Å². The summed E-state index contributed by atoms with van der Waals surface area (Å²) in [6, 6.07) is 20.4. The molecular formula is C28H25N3O9. The van der Waals surface area contributed by atoms with E-state index in [2.05, 4.69) is 0 Å². The maximum atomic E-state index is 10.5. The molecule has 3 aromatic carbocycles. The molecule has 0 N–H and O–H groups in total. The van der Waals surface area contributed by atoms with Gasteiger partial charge in [0.1, 0.15) is 17.2 Å². The number of nitro groups is 3. The normalized spacial score (nSPS) is 11.3. The van der Waals surface area contributed by atoms with Crippen LogP contribution in [0.3, 0.4) is 0 Å². The molecule has 40 heavy (non-hydrogen) atoms. The molecule has 0 saturated carbocycles. The Labute approximate surface area is 228 Å². The molecule has 0 aliphatic rings. The van der Waals surface area contributed by atoms with Crippen molar-refractivity contribution >= 4 is 18.2 Å². The van der Waals surface area contributed by atoms with Gasteiger partial charge >= 0.3 is 0 Å². The third-order valence-corrected chi connectivity index (χ3v) is 5.26. The molecule has 3 rings (SSSR count). The monoisotopic (exact) mass is 547 g/mol. The minimum atomic E-state index is -0.539. The molecule has 12 heteroatoms. The first-order chi connectivity index (χ1) is 19.3. The maximum absolute atomic E-state index is 10.5. The molecule has 0 spiro atoms. The zero-order chi connectivity index (χ0) is 28.7. The van der Waals surface area contributed by atoms with Crippen molar-refractivity contribution in [3.05, 3.63) is 138 Å². The lowest BCUT2D eigenvalue weighted by Gasteiger charge is -2.19. The van der Waals surface area contributed by atoms with Gasteiger partial charge in [0.2, 0.25) is 18.6 Å². The summed E-state index contributed by atoms with van der Waals surface area (Å²) in [5, 5.41) is 31.5. The number of rotatable bonds is 15. The molecule has 0 aliphatic carbocycles. The van der Waals surface area contributed by atoms with E-state index >= 15 is 0 Å². The summed E-state index contributed by atoms with van der Waals surface area (Å²) in [6.45, 7) is 0.701. The van der Waals surface area contributed by atoms with E-state index in [0.717, 1.165) is 18.6 Å². The molecular weight excluding hydrogens is 522 g/mol. The van der Waals surface area contributed by atoms with Crippen molar-refractivity contribution in [1.82, 2.24) is 0 Å². The lowest BCUT2D eigenvalue weighted by atomic mass is 10.1. The smallest absolute Gasteiger partial charge is 0.235 e. The van der Waals surface area contributed by atoms with Crippen molar-refractivity contribution in [3.63, 3.8) is 0 Å². The highest BCUT2D eigenvalue weighted by Crippen LogP contribution is 2.19. The standard InChI is InChI=1S/C28H25N3O9/c32-29(33)16-13-22-1-7-26(8-2-22)38-19-25(20-39-27-9-3-23(4-10-27)14-17-30(34)35)21-40-28-11-5-24(6-12-28)15-18-31(36)37/h1-18,25H,19-21H2/b16-13+,17-14+,18-15+. The minimum Gasteiger partial charge on any atom is -0.493 e. The van der Waals surface area contributed by atoms with Gasteiger partial charge in [-0.1, -0.05) is 36.4 Å². The molecule has 0 heterocycles. The van der Waals surface area contributed by atoms with Crippen LogP contribution in [0.4, 0.5) is 0 Å². The number of hydrogen-bond donors (Lipinski definition) is 0.